The van der Waals surface area contributed by atoms with Gasteiger partial charge in [0.05, 0.1) is 30.0 Å². The fourth-order valence-electron chi connectivity index (χ4n) is 1.60. The van der Waals surface area contributed by atoms with Crippen LogP contribution in [-0.2, 0) is 21.6 Å². The van der Waals surface area contributed by atoms with E-state index in [0.29, 0.717) is 24.6 Å². The van der Waals surface area contributed by atoms with Gasteiger partial charge in [-0.2, -0.15) is 8.42 Å². The first-order valence-corrected chi connectivity index (χ1v) is 7.58. The molecule has 1 heterocycles. The van der Waals surface area contributed by atoms with E-state index in [1.807, 2.05) is 7.05 Å². The SMILES string of the molecule is CNCCOCc1cn(-c2ccc(S(=O)(=O)F)cc2)nn1.Cl. The van der Waals surface area contributed by atoms with Gasteiger partial charge in [-0.05, 0) is 31.3 Å². The van der Waals surface area contributed by atoms with Crippen molar-refractivity contribution in [3.63, 3.8) is 0 Å². The molecule has 22 heavy (non-hydrogen) atoms. The number of nitrogens with one attached hydrogen (secondary N) is 1. The van der Waals surface area contributed by atoms with Gasteiger partial charge in [0.2, 0.25) is 0 Å². The summed E-state index contributed by atoms with van der Waals surface area (Å²) >= 11 is 0. The predicted molar refractivity (Wildman–Crippen MR) is 80.5 cm³/mol. The number of nitrogens with zero attached hydrogens (tertiary/aromatic N) is 3. The fraction of sp³-hybridized carbons (Fsp3) is 0.333. The third-order valence-electron chi connectivity index (χ3n) is 2.67. The van der Waals surface area contributed by atoms with Crippen molar-refractivity contribution in [2.24, 2.45) is 0 Å². The van der Waals surface area contributed by atoms with Gasteiger partial charge in [0, 0.05) is 6.54 Å². The average molecular weight is 351 g/mol. The topological polar surface area (TPSA) is 86.1 Å². The minimum atomic E-state index is -4.69. The lowest BCUT2D eigenvalue weighted by molar-refractivity contribution is 0.121. The second kappa shape index (κ2) is 8.18. The molecule has 0 saturated carbocycles. The maximum atomic E-state index is 12.8. The fourth-order valence-corrected chi connectivity index (χ4v) is 2.06. The highest BCUT2D eigenvalue weighted by atomic mass is 35.5. The molecule has 122 valence electrons. The minimum absolute atomic E-state index is 0. The van der Waals surface area contributed by atoms with E-state index in [4.69, 9.17) is 4.74 Å². The van der Waals surface area contributed by atoms with Crippen LogP contribution in [0.15, 0.2) is 35.4 Å². The number of likely N-dealkylation sites (N-methyl/N-ethyl adjacent to an activating group) is 1. The molecule has 0 spiro atoms. The summed E-state index contributed by atoms with van der Waals surface area (Å²) in [5.41, 5.74) is 1.23. The highest BCUT2D eigenvalue weighted by molar-refractivity contribution is 7.86. The van der Waals surface area contributed by atoms with Crippen molar-refractivity contribution in [2.75, 3.05) is 20.2 Å². The van der Waals surface area contributed by atoms with E-state index in [0.717, 1.165) is 6.54 Å². The number of aromatic nitrogens is 3. The number of benzene rings is 1. The number of rotatable bonds is 7. The van der Waals surface area contributed by atoms with Crippen LogP contribution in [0.25, 0.3) is 5.69 Å². The summed E-state index contributed by atoms with van der Waals surface area (Å²) in [6, 6.07) is 5.25. The second-order valence-corrected chi connectivity index (χ2v) is 5.59. The Labute approximate surface area is 134 Å². The van der Waals surface area contributed by atoms with Crippen molar-refractivity contribution in [2.45, 2.75) is 11.5 Å². The Morgan fingerprint density at radius 3 is 2.59 bits per heavy atom. The summed E-state index contributed by atoms with van der Waals surface area (Å²) in [5.74, 6) is 0. The van der Waals surface area contributed by atoms with Crippen LogP contribution in [0.3, 0.4) is 0 Å². The molecule has 0 bridgehead atoms. The van der Waals surface area contributed by atoms with Crippen LogP contribution in [0.5, 0.6) is 0 Å². The lowest BCUT2D eigenvalue weighted by Gasteiger charge is -2.01. The van der Waals surface area contributed by atoms with Crippen LogP contribution in [-0.4, -0.2) is 43.6 Å². The monoisotopic (exact) mass is 350 g/mol. The van der Waals surface area contributed by atoms with Crippen molar-refractivity contribution in [3.8, 4) is 5.69 Å². The molecule has 2 aromatic rings. The van der Waals surface area contributed by atoms with E-state index in [1.54, 1.807) is 6.20 Å². The van der Waals surface area contributed by atoms with Crippen molar-refractivity contribution in [1.29, 1.82) is 0 Å². The highest BCUT2D eigenvalue weighted by Gasteiger charge is 2.11. The number of halogens is 2. The molecule has 0 aliphatic heterocycles. The molecular formula is C12H16ClFN4O3S. The van der Waals surface area contributed by atoms with E-state index in [-0.39, 0.29) is 17.3 Å². The molecule has 0 unspecified atom stereocenters. The van der Waals surface area contributed by atoms with E-state index < -0.39 is 10.2 Å². The van der Waals surface area contributed by atoms with Crippen molar-refractivity contribution < 1.29 is 17.0 Å². The van der Waals surface area contributed by atoms with E-state index in [1.165, 1.54) is 28.9 Å². The predicted octanol–water partition coefficient (Wildman–Crippen LogP) is 1.08. The van der Waals surface area contributed by atoms with Crippen molar-refractivity contribution >= 4 is 22.6 Å². The smallest absolute Gasteiger partial charge is 0.332 e. The molecule has 1 aromatic carbocycles. The van der Waals surface area contributed by atoms with Crippen molar-refractivity contribution in [3.05, 3.63) is 36.2 Å². The van der Waals surface area contributed by atoms with Crippen LogP contribution >= 0.6 is 12.4 Å². The molecule has 0 amide bonds. The van der Waals surface area contributed by atoms with Gasteiger partial charge >= 0.3 is 10.2 Å². The van der Waals surface area contributed by atoms with Gasteiger partial charge < -0.3 is 10.1 Å². The lowest BCUT2D eigenvalue weighted by Crippen LogP contribution is -2.14. The maximum Gasteiger partial charge on any atom is 0.332 e. The van der Waals surface area contributed by atoms with Crippen LogP contribution in [0, 0.1) is 0 Å². The molecule has 7 nitrogen and oxygen atoms in total. The molecule has 0 saturated heterocycles. The molecule has 10 heteroatoms. The molecule has 1 aromatic heterocycles. The van der Waals surface area contributed by atoms with Gasteiger partial charge in [-0.3, -0.25) is 0 Å². The third kappa shape index (κ3) is 5.02. The first-order chi connectivity index (χ1) is 10.0. The number of hydrogen-bond acceptors (Lipinski definition) is 6. The summed E-state index contributed by atoms with van der Waals surface area (Å²) in [5, 5.41) is 10.8. The van der Waals surface area contributed by atoms with Crippen LogP contribution in [0.2, 0.25) is 0 Å². The zero-order valence-electron chi connectivity index (χ0n) is 11.8. The molecule has 0 fully saturated rings. The molecular weight excluding hydrogens is 335 g/mol. The summed E-state index contributed by atoms with van der Waals surface area (Å²) in [7, 11) is -2.85. The molecule has 1 N–H and O–H groups in total. The Bertz CT molecular complexity index is 691. The summed E-state index contributed by atoms with van der Waals surface area (Å²) in [6.45, 7) is 1.64. The zero-order chi connectivity index (χ0) is 15.3. The molecule has 0 atom stereocenters. The molecule has 0 aliphatic carbocycles. The van der Waals surface area contributed by atoms with Gasteiger partial charge in [-0.25, -0.2) is 4.68 Å². The van der Waals surface area contributed by atoms with Crippen molar-refractivity contribution in [1.82, 2.24) is 20.3 Å². The summed E-state index contributed by atoms with van der Waals surface area (Å²) < 4.78 is 41.1. The standard InChI is InChI=1S/C12H15FN4O3S.ClH/c1-14-6-7-20-9-10-8-17(16-15-10)11-2-4-12(5-3-11)21(13,18)19;/h2-5,8,14H,6-7,9H2,1H3;1H. The largest absolute Gasteiger partial charge is 0.374 e. The van der Waals surface area contributed by atoms with Gasteiger partial charge in [-0.1, -0.05) is 5.21 Å². The Kier molecular flexibility index (Phi) is 6.88. The third-order valence-corrected chi connectivity index (χ3v) is 3.51. The van der Waals surface area contributed by atoms with Gasteiger partial charge in [0.25, 0.3) is 0 Å². The van der Waals surface area contributed by atoms with E-state index in [2.05, 4.69) is 15.6 Å². The second-order valence-electron chi connectivity index (χ2n) is 4.24. The molecule has 0 radical (unpaired) electrons. The normalized spacial score (nSPS) is 11.2. The summed E-state index contributed by atoms with van der Waals surface area (Å²) in [4.78, 5) is -0.387. The van der Waals surface area contributed by atoms with Crippen LogP contribution < -0.4 is 5.32 Å². The Balaban J connectivity index is 0.00000242. The molecule has 2 rings (SSSR count). The van der Waals surface area contributed by atoms with Gasteiger partial charge in [0.15, 0.2) is 0 Å². The van der Waals surface area contributed by atoms with Crippen LogP contribution in [0.4, 0.5) is 3.89 Å². The van der Waals surface area contributed by atoms with Crippen LogP contribution in [0.1, 0.15) is 5.69 Å². The van der Waals surface area contributed by atoms with E-state index in [9.17, 15) is 12.3 Å². The first kappa shape index (κ1) is 18.5. The van der Waals surface area contributed by atoms with E-state index >= 15 is 0 Å². The molecule has 0 aliphatic rings. The average Bonchev–Trinajstić information content (AvgIpc) is 2.92. The van der Waals surface area contributed by atoms with Gasteiger partial charge in [-0.15, -0.1) is 21.4 Å². The Morgan fingerprint density at radius 2 is 2.00 bits per heavy atom. The first-order valence-electron chi connectivity index (χ1n) is 6.19. The number of hydrogen-bond donors (Lipinski definition) is 1. The number of ether oxygens (including phenoxy) is 1. The maximum absolute atomic E-state index is 12.8. The minimum Gasteiger partial charge on any atom is -0.374 e. The zero-order valence-corrected chi connectivity index (χ0v) is 13.4. The Morgan fingerprint density at radius 1 is 1.32 bits per heavy atom. The lowest BCUT2D eigenvalue weighted by atomic mass is 10.3. The van der Waals surface area contributed by atoms with Gasteiger partial charge in [0.1, 0.15) is 5.69 Å². The summed E-state index contributed by atoms with van der Waals surface area (Å²) in [6.07, 6.45) is 1.67. The quantitative estimate of drug-likeness (QED) is 0.594. The Hall–Kier alpha value is -1.55. The highest BCUT2D eigenvalue weighted by Crippen LogP contribution is 2.15.